The molecule has 0 bridgehead atoms. The van der Waals surface area contributed by atoms with Gasteiger partial charge in [-0.1, -0.05) is 17.7 Å². The van der Waals surface area contributed by atoms with Gasteiger partial charge in [0.2, 0.25) is 0 Å². The minimum Gasteiger partial charge on any atom is -0.380 e. The van der Waals surface area contributed by atoms with Gasteiger partial charge in [0.1, 0.15) is 6.07 Å². The van der Waals surface area contributed by atoms with Crippen molar-refractivity contribution >= 4 is 17.3 Å². The van der Waals surface area contributed by atoms with Crippen molar-refractivity contribution in [1.29, 1.82) is 5.26 Å². The van der Waals surface area contributed by atoms with Gasteiger partial charge in [-0.2, -0.15) is 5.26 Å². The Balaban J connectivity index is 2.82. The number of rotatable bonds is 5. The number of hydrogen-bond donors (Lipinski definition) is 0. The Morgan fingerprint density at radius 2 is 2.25 bits per heavy atom. The number of benzene rings is 1. The van der Waals surface area contributed by atoms with Crippen LogP contribution in [0, 0.1) is 11.3 Å². The zero-order chi connectivity index (χ0) is 12.0. The molecule has 1 aromatic rings. The molecule has 0 aliphatic carbocycles. The number of halogens is 1. The molecular weight excluding hydrogens is 224 g/mol. The molecule has 86 valence electrons. The van der Waals surface area contributed by atoms with Crippen molar-refractivity contribution in [3.05, 3.63) is 28.8 Å². The van der Waals surface area contributed by atoms with Crippen molar-refractivity contribution in [2.75, 3.05) is 31.7 Å². The molecule has 1 aromatic carbocycles. The number of para-hydroxylation sites is 1. The van der Waals surface area contributed by atoms with E-state index in [0.29, 0.717) is 30.3 Å². The molecule has 16 heavy (non-hydrogen) atoms. The number of nitrogens with zero attached hydrogens (tertiary/aromatic N) is 2. The zero-order valence-electron chi connectivity index (χ0n) is 9.53. The first kappa shape index (κ1) is 12.8. The molecule has 0 aliphatic heterocycles. The molecule has 0 saturated carbocycles. The second-order valence-electron chi connectivity index (χ2n) is 3.37. The summed E-state index contributed by atoms with van der Waals surface area (Å²) in [6.45, 7) is 3.99. The van der Waals surface area contributed by atoms with Crippen LogP contribution in [0.1, 0.15) is 12.5 Å². The third kappa shape index (κ3) is 3.13. The molecule has 1 rings (SSSR count). The highest BCUT2D eigenvalue weighted by molar-refractivity contribution is 6.33. The Kier molecular flexibility index (Phi) is 5.10. The van der Waals surface area contributed by atoms with E-state index in [1.165, 1.54) is 0 Å². The summed E-state index contributed by atoms with van der Waals surface area (Å²) in [5, 5.41) is 9.59. The first-order chi connectivity index (χ1) is 7.70. The lowest BCUT2D eigenvalue weighted by molar-refractivity contribution is 0.154. The largest absolute Gasteiger partial charge is 0.380 e. The zero-order valence-corrected chi connectivity index (χ0v) is 10.3. The second kappa shape index (κ2) is 6.37. The summed E-state index contributed by atoms with van der Waals surface area (Å²) in [7, 11) is 1.90. The average molecular weight is 239 g/mol. The maximum absolute atomic E-state index is 9.00. The van der Waals surface area contributed by atoms with E-state index in [-0.39, 0.29) is 0 Å². The van der Waals surface area contributed by atoms with Crippen LogP contribution < -0.4 is 4.90 Å². The summed E-state index contributed by atoms with van der Waals surface area (Å²) in [6, 6.07) is 7.47. The predicted octanol–water partition coefficient (Wildman–Crippen LogP) is 2.68. The average Bonchev–Trinajstić information content (AvgIpc) is 2.28. The summed E-state index contributed by atoms with van der Waals surface area (Å²) in [5.74, 6) is 0. The summed E-state index contributed by atoms with van der Waals surface area (Å²) < 4.78 is 5.27. The molecule has 0 atom stereocenters. The van der Waals surface area contributed by atoms with Crippen LogP contribution >= 0.6 is 11.6 Å². The van der Waals surface area contributed by atoms with Gasteiger partial charge in [-0.25, -0.2) is 0 Å². The summed E-state index contributed by atoms with van der Waals surface area (Å²) in [6.07, 6.45) is 0. The van der Waals surface area contributed by atoms with Gasteiger partial charge in [0.25, 0.3) is 0 Å². The van der Waals surface area contributed by atoms with Gasteiger partial charge < -0.3 is 9.64 Å². The van der Waals surface area contributed by atoms with Crippen LogP contribution in [0.5, 0.6) is 0 Å². The van der Waals surface area contributed by atoms with Crippen LogP contribution in [0.15, 0.2) is 18.2 Å². The molecule has 0 spiro atoms. The highest BCUT2D eigenvalue weighted by Gasteiger charge is 2.10. The van der Waals surface area contributed by atoms with E-state index < -0.39 is 0 Å². The minimum absolute atomic E-state index is 0.589. The van der Waals surface area contributed by atoms with E-state index in [1.807, 2.05) is 18.9 Å². The predicted molar refractivity (Wildman–Crippen MR) is 65.9 cm³/mol. The minimum atomic E-state index is 0.589. The van der Waals surface area contributed by atoms with Crippen LogP contribution in [0.25, 0.3) is 0 Å². The second-order valence-corrected chi connectivity index (χ2v) is 3.77. The molecule has 0 aliphatic rings. The smallest absolute Gasteiger partial charge is 0.101 e. The maximum Gasteiger partial charge on any atom is 0.101 e. The Labute approximate surface area is 101 Å². The molecule has 0 saturated heterocycles. The van der Waals surface area contributed by atoms with E-state index in [2.05, 4.69) is 6.07 Å². The van der Waals surface area contributed by atoms with E-state index in [0.717, 1.165) is 5.69 Å². The molecule has 0 N–H and O–H groups in total. The molecule has 0 heterocycles. The van der Waals surface area contributed by atoms with Crippen molar-refractivity contribution in [3.8, 4) is 6.07 Å². The Morgan fingerprint density at radius 3 is 2.88 bits per heavy atom. The van der Waals surface area contributed by atoms with Gasteiger partial charge in [-0.3, -0.25) is 0 Å². The van der Waals surface area contributed by atoms with Crippen LogP contribution in [0.4, 0.5) is 5.69 Å². The van der Waals surface area contributed by atoms with E-state index in [9.17, 15) is 0 Å². The van der Waals surface area contributed by atoms with Gasteiger partial charge in [0.15, 0.2) is 0 Å². The molecule has 0 aromatic heterocycles. The maximum atomic E-state index is 9.00. The number of likely N-dealkylation sites (N-methyl/N-ethyl adjacent to an activating group) is 1. The fourth-order valence-corrected chi connectivity index (χ4v) is 1.77. The summed E-state index contributed by atoms with van der Waals surface area (Å²) in [4.78, 5) is 1.94. The van der Waals surface area contributed by atoms with Crippen LogP contribution in [0.2, 0.25) is 5.02 Å². The van der Waals surface area contributed by atoms with Crippen molar-refractivity contribution in [2.45, 2.75) is 6.92 Å². The number of nitriles is 1. The molecule has 0 fully saturated rings. The monoisotopic (exact) mass is 238 g/mol. The van der Waals surface area contributed by atoms with E-state index >= 15 is 0 Å². The lowest BCUT2D eigenvalue weighted by atomic mass is 10.2. The highest BCUT2D eigenvalue weighted by Crippen LogP contribution is 2.28. The van der Waals surface area contributed by atoms with Gasteiger partial charge in [0.05, 0.1) is 22.9 Å². The SMILES string of the molecule is CCOCCN(C)c1c(Cl)cccc1C#N. The van der Waals surface area contributed by atoms with Crippen molar-refractivity contribution in [3.63, 3.8) is 0 Å². The molecule has 0 radical (unpaired) electrons. The Bertz CT molecular complexity index is 387. The summed E-state index contributed by atoms with van der Waals surface area (Å²) in [5.41, 5.74) is 1.36. The van der Waals surface area contributed by atoms with E-state index in [4.69, 9.17) is 21.6 Å². The Hall–Kier alpha value is -1.24. The first-order valence-electron chi connectivity index (χ1n) is 5.18. The Morgan fingerprint density at radius 1 is 1.50 bits per heavy atom. The third-order valence-corrected chi connectivity index (χ3v) is 2.57. The van der Waals surface area contributed by atoms with Gasteiger partial charge >= 0.3 is 0 Å². The van der Waals surface area contributed by atoms with E-state index in [1.54, 1.807) is 18.2 Å². The normalized spacial score (nSPS) is 9.88. The fourth-order valence-electron chi connectivity index (χ4n) is 1.45. The molecule has 0 unspecified atom stereocenters. The van der Waals surface area contributed by atoms with Crippen molar-refractivity contribution in [2.24, 2.45) is 0 Å². The van der Waals surface area contributed by atoms with Crippen LogP contribution in [-0.4, -0.2) is 26.8 Å². The fraction of sp³-hybridized carbons (Fsp3) is 0.417. The third-order valence-electron chi connectivity index (χ3n) is 2.26. The van der Waals surface area contributed by atoms with Gasteiger partial charge in [0, 0.05) is 20.2 Å². The quantitative estimate of drug-likeness (QED) is 0.740. The van der Waals surface area contributed by atoms with Crippen molar-refractivity contribution in [1.82, 2.24) is 0 Å². The molecule has 4 heteroatoms. The van der Waals surface area contributed by atoms with Crippen LogP contribution in [0.3, 0.4) is 0 Å². The lowest BCUT2D eigenvalue weighted by Crippen LogP contribution is -2.23. The number of anilines is 1. The topological polar surface area (TPSA) is 36.3 Å². The molecule has 0 amide bonds. The van der Waals surface area contributed by atoms with Crippen molar-refractivity contribution < 1.29 is 4.74 Å². The number of hydrogen-bond acceptors (Lipinski definition) is 3. The van der Waals surface area contributed by atoms with Gasteiger partial charge in [-0.15, -0.1) is 0 Å². The lowest BCUT2D eigenvalue weighted by Gasteiger charge is -2.21. The molecule has 3 nitrogen and oxygen atoms in total. The van der Waals surface area contributed by atoms with Gasteiger partial charge in [-0.05, 0) is 19.1 Å². The highest BCUT2D eigenvalue weighted by atomic mass is 35.5. The molecular formula is C12H15ClN2O. The standard InChI is InChI=1S/C12H15ClN2O/c1-3-16-8-7-15(2)12-10(9-14)5-4-6-11(12)13/h4-6H,3,7-8H2,1-2H3. The van der Waals surface area contributed by atoms with Crippen LogP contribution in [-0.2, 0) is 4.74 Å². The summed E-state index contributed by atoms with van der Waals surface area (Å²) >= 11 is 6.08. The number of ether oxygens (including phenoxy) is 1. The first-order valence-corrected chi connectivity index (χ1v) is 5.56.